The quantitative estimate of drug-likeness (QED) is 0.707. The molecule has 80 valence electrons. The topological polar surface area (TPSA) is 41.1 Å². The van der Waals surface area contributed by atoms with Gasteiger partial charge in [0.2, 0.25) is 5.91 Å². The van der Waals surface area contributed by atoms with Crippen LogP contribution >= 0.6 is 11.8 Å². The van der Waals surface area contributed by atoms with E-state index in [0.29, 0.717) is 11.9 Å². The van der Waals surface area contributed by atoms with Gasteiger partial charge >= 0.3 is 0 Å². The molecule has 0 aromatic carbocycles. The van der Waals surface area contributed by atoms with Crippen LogP contribution in [0.3, 0.4) is 0 Å². The zero-order valence-electron chi connectivity index (χ0n) is 8.42. The summed E-state index contributed by atoms with van der Waals surface area (Å²) >= 11 is 1.94. The van der Waals surface area contributed by atoms with Gasteiger partial charge in [0.25, 0.3) is 0 Å². The summed E-state index contributed by atoms with van der Waals surface area (Å²) in [4.78, 5) is 11.8. The predicted octanol–water partition coefficient (Wildman–Crippen LogP) is 0.608. The lowest BCUT2D eigenvalue weighted by Gasteiger charge is -2.23. The third-order valence-electron chi connectivity index (χ3n) is 2.99. The minimum absolute atomic E-state index is 0.266. The summed E-state index contributed by atoms with van der Waals surface area (Å²) in [5, 5.41) is 6.44. The fraction of sp³-hybridized carbons (Fsp3) is 0.900. The van der Waals surface area contributed by atoms with Crippen molar-refractivity contribution in [3.8, 4) is 0 Å². The van der Waals surface area contributed by atoms with Crippen LogP contribution in [0, 0.1) is 5.92 Å². The van der Waals surface area contributed by atoms with E-state index in [9.17, 15) is 4.79 Å². The Labute approximate surface area is 89.4 Å². The Hall–Kier alpha value is -0.220. The van der Waals surface area contributed by atoms with Crippen LogP contribution in [0.2, 0.25) is 0 Å². The summed E-state index contributed by atoms with van der Waals surface area (Å²) in [5.41, 5.74) is 0. The highest BCUT2D eigenvalue weighted by atomic mass is 32.2. The Morgan fingerprint density at radius 3 is 2.71 bits per heavy atom. The van der Waals surface area contributed by atoms with E-state index in [1.54, 1.807) is 0 Å². The average molecular weight is 214 g/mol. The number of carbonyl (C=O) groups is 1. The first kappa shape index (κ1) is 10.3. The first-order valence-corrected chi connectivity index (χ1v) is 6.60. The number of hydrogen-bond acceptors (Lipinski definition) is 3. The van der Waals surface area contributed by atoms with E-state index in [0.717, 1.165) is 38.1 Å². The van der Waals surface area contributed by atoms with E-state index in [1.165, 1.54) is 5.75 Å². The van der Waals surface area contributed by atoms with Crippen LogP contribution in [-0.4, -0.2) is 36.5 Å². The third-order valence-corrected chi connectivity index (χ3v) is 4.15. The lowest BCUT2D eigenvalue weighted by molar-refractivity contribution is -0.126. The van der Waals surface area contributed by atoms with Crippen LogP contribution in [0.25, 0.3) is 0 Å². The summed E-state index contributed by atoms with van der Waals surface area (Å²) in [6.07, 6.45) is 3.17. The van der Waals surface area contributed by atoms with E-state index in [-0.39, 0.29) is 5.92 Å². The van der Waals surface area contributed by atoms with Crippen molar-refractivity contribution in [1.29, 1.82) is 0 Å². The summed E-state index contributed by atoms with van der Waals surface area (Å²) < 4.78 is 0. The van der Waals surface area contributed by atoms with Gasteiger partial charge in [0.15, 0.2) is 0 Å². The zero-order chi connectivity index (χ0) is 9.80. The molecular formula is C10H18N2OS. The lowest BCUT2D eigenvalue weighted by Crippen LogP contribution is -2.42. The Morgan fingerprint density at radius 1 is 1.29 bits per heavy atom. The van der Waals surface area contributed by atoms with Crippen LogP contribution in [0.5, 0.6) is 0 Å². The van der Waals surface area contributed by atoms with Crippen LogP contribution in [0.1, 0.15) is 19.3 Å². The summed E-state index contributed by atoms with van der Waals surface area (Å²) in [7, 11) is 0. The molecule has 0 aromatic heterocycles. The summed E-state index contributed by atoms with van der Waals surface area (Å²) in [5.74, 6) is 2.87. The van der Waals surface area contributed by atoms with Crippen LogP contribution < -0.4 is 10.6 Å². The molecule has 4 heteroatoms. The van der Waals surface area contributed by atoms with Crippen LogP contribution in [-0.2, 0) is 4.79 Å². The average Bonchev–Trinajstić information content (AvgIpc) is 2.72. The van der Waals surface area contributed by atoms with E-state index in [1.807, 2.05) is 11.8 Å². The molecule has 1 amide bonds. The van der Waals surface area contributed by atoms with Gasteiger partial charge in [-0.2, -0.15) is 11.8 Å². The van der Waals surface area contributed by atoms with Crippen molar-refractivity contribution in [1.82, 2.24) is 10.6 Å². The Balaban J connectivity index is 1.75. The first-order valence-electron chi connectivity index (χ1n) is 5.45. The molecule has 2 saturated heterocycles. The number of thioether (sulfide) groups is 1. The highest BCUT2D eigenvalue weighted by molar-refractivity contribution is 7.99. The molecule has 0 aliphatic carbocycles. The maximum absolute atomic E-state index is 11.8. The predicted molar refractivity (Wildman–Crippen MR) is 59.5 cm³/mol. The number of hydrogen-bond donors (Lipinski definition) is 2. The van der Waals surface area contributed by atoms with E-state index >= 15 is 0 Å². The molecule has 0 radical (unpaired) electrons. The summed E-state index contributed by atoms with van der Waals surface area (Å²) in [6, 6.07) is 0.447. The number of piperidine rings is 1. The van der Waals surface area contributed by atoms with Gasteiger partial charge in [0.1, 0.15) is 0 Å². The lowest BCUT2D eigenvalue weighted by atomic mass is 9.97. The smallest absolute Gasteiger partial charge is 0.223 e. The van der Waals surface area contributed by atoms with Gasteiger partial charge in [-0.3, -0.25) is 4.79 Å². The highest BCUT2D eigenvalue weighted by Gasteiger charge is 2.24. The van der Waals surface area contributed by atoms with E-state index in [2.05, 4.69) is 10.6 Å². The minimum Gasteiger partial charge on any atom is -0.352 e. The fourth-order valence-corrected chi connectivity index (χ4v) is 3.20. The number of nitrogens with one attached hydrogen (secondary N) is 2. The highest BCUT2D eigenvalue weighted by Crippen LogP contribution is 2.18. The largest absolute Gasteiger partial charge is 0.352 e. The molecule has 2 aliphatic heterocycles. The fourth-order valence-electron chi connectivity index (χ4n) is 2.05. The van der Waals surface area contributed by atoms with Crippen molar-refractivity contribution in [3.05, 3.63) is 0 Å². The normalized spacial score (nSPS) is 29.0. The van der Waals surface area contributed by atoms with Gasteiger partial charge in [-0.1, -0.05) is 0 Å². The third kappa shape index (κ3) is 2.64. The molecule has 2 N–H and O–H groups in total. The molecule has 1 atom stereocenters. The molecule has 3 nitrogen and oxygen atoms in total. The first-order chi connectivity index (χ1) is 6.86. The molecule has 0 saturated carbocycles. The van der Waals surface area contributed by atoms with Gasteiger partial charge in [-0.25, -0.2) is 0 Å². The molecule has 2 fully saturated rings. The van der Waals surface area contributed by atoms with Crippen LogP contribution in [0.4, 0.5) is 0 Å². The van der Waals surface area contributed by atoms with Gasteiger partial charge in [0.05, 0.1) is 0 Å². The minimum atomic E-state index is 0.266. The Bertz CT molecular complexity index is 198. The Morgan fingerprint density at radius 2 is 2.07 bits per heavy atom. The molecule has 2 aliphatic rings. The van der Waals surface area contributed by atoms with Crippen molar-refractivity contribution < 1.29 is 4.79 Å². The van der Waals surface area contributed by atoms with E-state index in [4.69, 9.17) is 0 Å². The molecule has 0 bridgehead atoms. The second-order valence-electron chi connectivity index (χ2n) is 4.09. The van der Waals surface area contributed by atoms with Crippen molar-refractivity contribution in [2.75, 3.05) is 24.6 Å². The van der Waals surface area contributed by atoms with E-state index < -0.39 is 0 Å². The monoisotopic (exact) mass is 214 g/mol. The standard InChI is InChI=1S/C10H18N2OS/c13-10(8-1-4-11-5-2-8)12-9-3-6-14-7-9/h8-9,11H,1-7H2,(H,12,13). The van der Waals surface area contributed by atoms with Gasteiger partial charge in [-0.15, -0.1) is 0 Å². The molecular weight excluding hydrogens is 196 g/mol. The molecule has 2 heterocycles. The molecule has 0 aromatic rings. The van der Waals surface area contributed by atoms with Crippen molar-refractivity contribution in [2.24, 2.45) is 5.92 Å². The molecule has 1 unspecified atom stereocenters. The SMILES string of the molecule is O=C(NC1CCSC1)C1CCNCC1. The van der Waals surface area contributed by atoms with Gasteiger partial charge in [-0.05, 0) is 38.1 Å². The molecule has 14 heavy (non-hydrogen) atoms. The number of amides is 1. The van der Waals surface area contributed by atoms with Crippen LogP contribution in [0.15, 0.2) is 0 Å². The Kier molecular flexibility index (Phi) is 3.70. The number of carbonyl (C=O) groups excluding carboxylic acids is 1. The molecule has 2 rings (SSSR count). The maximum atomic E-state index is 11.8. The number of rotatable bonds is 2. The van der Waals surface area contributed by atoms with Gasteiger partial charge < -0.3 is 10.6 Å². The van der Waals surface area contributed by atoms with Crippen molar-refractivity contribution in [2.45, 2.75) is 25.3 Å². The summed E-state index contributed by atoms with van der Waals surface area (Å²) in [6.45, 7) is 2.00. The van der Waals surface area contributed by atoms with Gasteiger partial charge in [0, 0.05) is 17.7 Å². The molecule has 0 spiro atoms. The zero-order valence-corrected chi connectivity index (χ0v) is 9.24. The maximum Gasteiger partial charge on any atom is 0.223 e. The second-order valence-corrected chi connectivity index (χ2v) is 5.24. The van der Waals surface area contributed by atoms with Crippen molar-refractivity contribution >= 4 is 17.7 Å². The van der Waals surface area contributed by atoms with Crippen molar-refractivity contribution in [3.63, 3.8) is 0 Å². The second kappa shape index (κ2) is 5.03.